The number of hydrogen-bond acceptors (Lipinski definition) is 4. The minimum absolute atomic E-state index is 0.00143. The molecule has 2 N–H and O–H groups in total. The Bertz CT molecular complexity index is 570. The number of aromatic nitrogens is 2. The lowest BCUT2D eigenvalue weighted by Gasteiger charge is -2.33. The Morgan fingerprint density at radius 2 is 2.25 bits per heavy atom. The molecule has 2 heterocycles. The van der Waals surface area contributed by atoms with E-state index in [1.807, 2.05) is 31.5 Å². The van der Waals surface area contributed by atoms with Gasteiger partial charge in [-0.05, 0) is 32.3 Å². The summed E-state index contributed by atoms with van der Waals surface area (Å²) in [6.45, 7) is 9.10. The van der Waals surface area contributed by atoms with Gasteiger partial charge in [0, 0.05) is 25.8 Å². The highest BCUT2D eigenvalue weighted by Crippen LogP contribution is 2.24. The lowest BCUT2D eigenvalue weighted by molar-refractivity contribution is -0.134. The van der Waals surface area contributed by atoms with Gasteiger partial charge in [0.2, 0.25) is 11.8 Å². The van der Waals surface area contributed by atoms with Crippen LogP contribution in [0.2, 0.25) is 0 Å². The molecule has 7 nitrogen and oxygen atoms in total. The standard InChI is InChI=1S/C17H28N4O3/c1-5-21-14(8-9-18-21)16-13(6-7-15(22)20-16)19-17(23)12(4)24-10-11(2)3/h8-9,11-13,16H,5-7,10H2,1-4H3,(H,19,23)(H,20,22). The molecule has 2 amide bonds. The van der Waals surface area contributed by atoms with E-state index in [9.17, 15) is 9.59 Å². The Balaban J connectivity index is 2.06. The van der Waals surface area contributed by atoms with E-state index in [4.69, 9.17) is 4.74 Å². The Morgan fingerprint density at radius 3 is 2.92 bits per heavy atom. The van der Waals surface area contributed by atoms with E-state index in [0.717, 1.165) is 5.69 Å². The van der Waals surface area contributed by atoms with Gasteiger partial charge in [0.25, 0.3) is 0 Å². The van der Waals surface area contributed by atoms with Gasteiger partial charge in [-0.3, -0.25) is 14.3 Å². The van der Waals surface area contributed by atoms with Crippen molar-refractivity contribution in [1.29, 1.82) is 0 Å². The molecular formula is C17H28N4O3. The maximum absolute atomic E-state index is 12.4. The van der Waals surface area contributed by atoms with Gasteiger partial charge in [-0.1, -0.05) is 13.8 Å². The summed E-state index contributed by atoms with van der Waals surface area (Å²) in [6, 6.07) is 1.45. The summed E-state index contributed by atoms with van der Waals surface area (Å²) >= 11 is 0. The molecule has 134 valence electrons. The van der Waals surface area contributed by atoms with Crippen molar-refractivity contribution in [1.82, 2.24) is 20.4 Å². The highest BCUT2D eigenvalue weighted by molar-refractivity contribution is 5.82. The number of aryl methyl sites for hydroxylation is 1. The Labute approximate surface area is 143 Å². The summed E-state index contributed by atoms with van der Waals surface area (Å²) in [7, 11) is 0. The highest BCUT2D eigenvalue weighted by atomic mass is 16.5. The first-order valence-electron chi connectivity index (χ1n) is 8.65. The van der Waals surface area contributed by atoms with E-state index in [0.29, 0.717) is 31.9 Å². The monoisotopic (exact) mass is 336 g/mol. The van der Waals surface area contributed by atoms with Crippen LogP contribution in [0.15, 0.2) is 12.3 Å². The van der Waals surface area contributed by atoms with Crippen molar-refractivity contribution in [2.75, 3.05) is 6.61 Å². The van der Waals surface area contributed by atoms with Crippen molar-refractivity contribution >= 4 is 11.8 Å². The first-order valence-corrected chi connectivity index (χ1v) is 8.65. The fourth-order valence-corrected chi connectivity index (χ4v) is 2.82. The molecule has 1 aliphatic rings. The number of nitrogens with zero attached hydrogens (tertiary/aromatic N) is 2. The molecule has 1 fully saturated rings. The normalized spacial score (nSPS) is 22.3. The summed E-state index contributed by atoms with van der Waals surface area (Å²) in [5.74, 6) is 0.226. The molecule has 0 spiro atoms. The number of piperidine rings is 1. The SMILES string of the molecule is CCn1nccc1C1NC(=O)CCC1NC(=O)C(C)OCC(C)C. The first-order chi connectivity index (χ1) is 11.4. The zero-order valence-electron chi connectivity index (χ0n) is 14.9. The molecule has 24 heavy (non-hydrogen) atoms. The van der Waals surface area contributed by atoms with Gasteiger partial charge < -0.3 is 15.4 Å². The number of amides is 2. The molecule has 0 aromatic carbocycles. The lowest BCUT2D eigenvalue weighted by atomic mass is 9.95. The molecule has 0 bridgehead atoms. The number of rotatable bonds is 7. The highest BCUT2D eigenvalue weighted by Gasteiger charge is 2.33. The van der Waals surface area contributed by atoms with Crippen LogP contribution in [0.1, 0.15) is 52.3 Å². The van der Waals surface area contributed by atoms with Gasteiger partial charge >= 0.3 is 0 Å². The molecule has 0 aliphatic carbocycles. The first kappa shape index (κ1) is 18.4. The average molecular weight is 336 g/mol. The zero-order chi connectivity index (χ0) is 17.7. The molecule has 1 aliphatic heterocycles. The third kappa shape index (κ3) is 4.56. The van der Waals surface area contributed by atoms with Gasteiger partial charge in [-0.25, -0.2) is 0 Å². The van der Waals surface area contributed by atoms with Crippen LogP contribution in [0.4, 0.5) is 0 Å². The zero-order valence-corrected chi connectivity index (χ0v) is 14.9. The van der Waals surface area contributed by atoms with E-state index in [1.165, 1.54) is 0 Å². The fourth-order valence-electron chi connectivity index (χ4n) is 2.82. The van der Waals surface area contributed by atoms with E-state index >= 15 is 0 Å². The molecule has 1 saturated heterocycles. The maximum Gasteiger partial charge on any atom is 0.249 e. The third-order valence-electron chi connectivity index (χ3n) is 4.15. The Kier molecular flexibility index (Phi) is 6.36. The van der Waals surface area contributed by atoms with E-state index in [-0.39, 0.29) is 23.9 Å². The summed E-state index contributed by atoms with van der Waals surface area (Å²) in [4.78, 5) is 24.2. The molecule has 3 unspecified atom stereocenters. The minimum Gasteiger partial charge on any atom is -0.368 e. The van der Waals surface area contributed by atoms with E-state index in [1.54, 1.807) is 13.1 Å². The molecule has 0 radical (unpaired) electrons. The smallest absolute Gasteiger partial charge is 0.249 e. The quantitative estimate of drug-likeness (QED) is 0.788. The van der Waals surface area contributed by atoms with E-state index in [2.05, 4.69) is 15.7 Å². The molecule has 1 aromatic heterocycles. The Hall–Kier alpha value is -1.89. The van der Waals surface area contributed by atoms with Crippen LogP contribution < -0.4 is 10.6 Å². The maximum atomic E-state index is 12.4. The van der Waals surface area contributed by atoms with Crippen LogP contribution in [-0.4, -0.2) is 40.3 Å². The van der Waals surface area contributed by atoms with Gasteiger partial charge in [0.1, 0.15) is 6.10 Å². The van der Waals surface area contributed by atoms with Crippen molar-refractivity contribution in [3.8, 4) is 0 Å². The number of nitrogens with one attached hydrogen (secondary N) is 2. The largest absolute Gasteiger partial charge is 0.368 e. The van der Waals surface area contributed by atoms with E-state index < -0.39 is 6.10 Å². The van der Waals surface area contributed by atoms with Crippen molar-refractivity contribution in [3.63, 3.8) is 0 Å². The van der Waals surface area contributed by atoms with Gasteiger partial charge in [-0.15, -0.1) is 0 Å². The summed E-state index contributed by atoms with van der Waals surface area (Å²) in [5.41, 5.74) is 0.909. The van der Waals surface area contributed by atoms with Gasteiger partial charge in [-0.2, -0.15) is 5.10 Å². The summed E-state index contributed by atoms with van der Waals surface area (Å²) < 4.78 is 7.42. The topological polar surface area (TPSA) is 85.3 Å². The molecule has 0 saturated carbocycles. The minimum atomic E-state index is -0.512. The third-order valence-corrected chi connectivity index (χ3v) is 4.15. The molecule has 7 heteroatoms. The van der Waals surface area contributed by atoms with Crippen molar-refractivity contribution in [2.24, 2.45) is 5.92 Å². The molecule has 3 atom stereocenters. The second kappa shape index (κ2) is 8.28. The second-order valence-electron chi connectivity index (χ2n) is 6.64. The van der Waals surface area contributed by atoms with Crippen molar-refractivity contribution < 1.29 is 14.3 Å². The molecule has 1 aromatic rings. The average Bonchev–Trinajstić information content (AvgIpc) is 3.02. The van der Waals surface area contributed by atoms with Crippen LogP contribution in [0.5, 0.6) is 0 Å². The summed E-state index contributed by atoms with van der Waals surface area (Å²) in [6.07, 6.45) is 2.21. The predicted octanol–water partition coefficient (Wildman–Crippen LogP) is 1.40. The number of ether oxygens (including phenoxy) is 1. The Morgan fingerprint density at radius 1 is 1.50 bits per heavy atom. The van der Waals surface area contributed by atoms with Crippen molar-refractivity contribution in [3.05, 3.63) is 18.0 Å². The number of carbonyl (C=O) groups excluding carboxylic acids is 2. The van der Waals surface area contributed by atoms with Gasteiger partial charge in [0.05, 0.1) is 17.8 Å². The molecule has 2 rings (SSSR count). The number of hydrogen-bond donors (Lipinski definition) is 2. The van der Waals surface area contributed by atoms with Crippen LogP contribution in [-0.2, 0) is 20.9 Å². The lowest BCUT2D eigenvalue weighted by Crippen LogP contribution is -2.52. The van der Waals surface area contributed by atoms with Crippen LogP contribution in [0.3, 0.4) is 0 Å². The van der Waals surface area contributed by atoms with Crippen LogP contribution >= 0.6 is 0 Å². The molecular weight excluding hydrogens is 308 g/mol. The number of carbonyl (C=O) groups is 2. The van der Waals surface area contributed by atoms with Gasteiger partial charge in [0.15, 0.2) is 0 Å². The fraction of sp³-hybridized carbons (Fsp3) is 0.706. The summed E-state index contributed by atoms with van der Waals surface area (Å²) in [5, 5.41) is 10.3. The van der Waals surface area contributed by atoms with Crippen molar-refractivity contribution in [2.45, 2.75) is 65.3 Å². The second-order valence-corrected chi connectivity index (χ2v) is 6.64. The predicted molar refractivity (Wildman–Crippen MR) is 90.2 cm³/mol. The van der Waals surface area contributed by atoms with Crippen LogP contribution in [0, 0.1) is 5.92 Å². The van der Waals surface area contributed by atoms with Crippen LogP contribution in [0.25, 0.3) is 0 Å².